The molecule has 1 rings (SSSR count). The lowest BCUT2D eigenvalue weighted by Crippen LogP contribution is -2.30. The molecule has 1 aromatic carbocycles. The average molecular weight is 265 g/mol. The van der Waals surface area contributed by atoms with Crippen LogP contribution in [0.2, 0.25) is 0 Å². The van der Waals surface area contributed by atoms with Crippen LogP contribution < -0.4 is 5.32 Å². The lowest BCUT2D eigenvalue weighted by Gasteiger charge is -2.11. The molecule has 1 amide bonds. The molecule has 8 heteroatoms. The molecule has 0 unspecified atom stereocenters. The van der Waals surface area contributed by atoms with Crippen molar-refractivity contribution in [2.75, 3.05) is 12.4 Å². The van der Waals surface area contributed by atoms with Gasteiger partial charge < -0.3 is 10.1 Å². The number of carbonyl (C=O) groups is 2. The van der Waals surface area contributed by atoms with Crippen LogP contribution in [-0.4, -0.2) is 25.2 Å². The first-order chi connectivity index (χ1) is 8.25. The van der Waals surface area contributed by atoms with Crippen LogP contribution in [-0.2, 0) is 9.53 Å². The summed E-state index contributed by atoms with van der Waals surface area (Å²) >= 11 is 0. The lowest BCUT2D eigenvalue weighted by molar-refractivity contribution is -0.167. The van der Waals surface area contributed by atoms with Crippen molar-refractivity contribution in [3.63, 3.8) is 0 Å². The summed E-state index contributed by atoms with van der Waals surface area (Å²) in [5.41, 5.74) is -0.985. The fourth-order valence-electron chi connectivity index (χ4n) is 1.10. The molecule has 0 aromatic heterocycles. The second-order valence-corrected chi connectivity index (χ2v) is 3.13. The molecular weight excluding hydrogens is 258 g/mol. The van der Waals surface area contributed by atoms with E-state index in [-0.39, 0.29) is 0 Å². The van der Waals surface area contributed by atoms with E-state index in [0.29, 0.717) is 6.07 Å². The van der Waals surface area contributed by atoms with E-state index in [1.165, 1.54) is 5.32 Å². The Bertz CT molecular complexity index is 485. The van der Waals surface area contributed by atoms with Gasteiger partial charge in [0.1, 0.15) is 5.82 Å². The molecule has 1 N–H and O–H groups in total. The summed E-state index contributed by atoms with van der Waals surface area (Å²) < 4.78 is 53.2. The summed E-state index contributed by atoms with van der Waals surface area (Å²) in [6.45, 7) is 0. The number of ether oxygens (including phenoxy) is 1. The summed E-state index contributed by atoms with van der Waals surface area (Å²) in [4.78, 5) is 21.9. The highest BCUT2D eigenvalue weighted by Crippen LogP contribution is 2.22. The molecule has 0 saturated carbocycles. The summed E-state index contributed by atoms with van der Waals surface area (Å²) in [5, 5.41) is 1.46. The zero-order valence-electron chi connectivity index (χ0n) is 8.97. The van der Waals surface area contributed by atoms with E-state index in [1.54, 1.807) is 0 Å². The van der Waals surface area contributed by atoms with Gasteiger partial charge in [0.2, 0.25) is 0 Å². The maximum atomic E-state index is 12.9. The Kier molecular flexibility index (Phi) is 3.89. The Balaban J connectivity index is 3.09. The van der Waals surface area contributed by atoms with Gasteiger partial charge in [0, 0.05) is 0 Å². The van der Waals surface area contributed by atoms with Crippen molar-refractivity contribution >= 4 is 17.6 Å². The molecule has 1 aromatic rings. The first kappa shape index (κ1) is 13.9. The van der Waals surface area contributed by atoms with Gasteiger partial charge in [-0.25, -0.2) is 9.18 Å². The average Bonchev–Trinajstić information content (AvgIpc) is 2.29. The molecule has 0 heterocycles. The lowest BCUT2D eigenvalue weighted by atomic mass is 10.1. The first-order valence-corrected chi connectivity index (χ1v) is 4.51. The van der Waals surface area contributed by atoms with Crippen molar-refractivity contribution < 1.29 is 31.9 Å². The summed E-state index contributed by atoms with van der Waals surface area (Å²) in [5.74, 6) is -4.17. The molecule has 0 saturated heterocycles. The van der Waals surface area contributed by atoms with Crippen LogP contribution in [0.3, 0.4) is 0 Å². The number of rotatable bonds is 2. The minimum Gasteiger partial charge on any atom is -0.465 e. The molecule has 0 spiro atoms. The predicted octanol–water partition coefficient (Wildman–Crippen LogP) is 2.11. The molecule has 18 heavy (non-hydrogen) atoms. The number of anilines is 1. The highest BCUT2D eigenvalue weighted by molar-refractivity contribution is 6.02. The van der Waals surface area contributed by atoms with E-state index in [9.17, 15) is 27.2 Å². The van der Waals surface area contributed by atoms with Crippen LogP contribution in [0.1, 0.15) is 10.4 Å². The second kappa shape index (κ2) is 5.03. The number of nitrogens with one attached hydrogen (secondary N) is 1. The Morgan fingerprint density at radius 2 is 1.89 bits per heavy atom. The van der Waals surface area contributed by atoms with Gasteiger partial charge in [-0.15, -0.1) is 0 Å². The molecule has 0 aliphatic carbocycles. The van der Waals surface area contributed by atoms with Gasteiger partial charge in [0.15, 0.2) is 0 Å². The number of benzene rings is 1. The van der Waals surface area contributed by atoms with E-state index in [1.807, 2.05) is 0 Å². The van der Waals surface area contributed by atoms with Gasteiger partial charge in [-0.3, -0.25) is 4.79 Å². The molecule has 0 fully saturated rings. The van der Waals surface area contributed by atoms with Gasteiger partial charge in [-0.1, -0.05) is 0 Å². The highest BCUT2D eigenvalue weighted by atomic mass is 19.4. The number of methoxy groups -OCH3 is 1. The zero-order valence-corrected chi connectivity index (χ0v) is 8.97. The van der Waals surface area contributed by atoms with E-state index in [2.05, 4.69) is 4.74 Å². The van der Waals surface area contributed by atoms with Gasteiger partial charge in [-0.05, 0) is 18.2 Å². The summed E-state index contributed by atoms with van der Waals surface area (Å²) in [6, 6.07) is 2.31. The van der Waals surface area contributed by atoms with Crippen molar-refractivity contribution in [2.45, 2.75) is 6.18 Å². The van der Waals surface area contributed by atoms with Gasteiger partial charge >= 0.3 is 18.1 Å². The Morgan fingerprint density at radius 3 is 2.39 bits per heavy atom. The number of esters is 1. The predicted molar refractivity (Wildman–Crippen MR) is 52.4 cm³/mol. The normalized spacial score (nSPS) is 10.9. The minimum atomic E-state index is -5.11. The standard InChI is InChI=1S/C10H7F4NO3/c1-18-8(16)6-4-5(11)2-3-7(6)15-9(17)10(12,13)14/h2-4H,1H3,(H,15,17). The number of halogens is 4. The van der Waals surface area contributed by atoms with Gasteiger partial charge in [-0.2, -0.15) is 13.2 Å². The number of alkyl halides is 3. The number of amides is 1. The maximum Gasteiger partial charge on any atom is 0.471 e. The van der Waals surface area contributed by atoms with Crippen molar-refractivity contribution in [1.29, 1.82) is 0 Å². The quantitative estimate of drug-likeness (QED) is 0.658. The molecule has 4 nitrogen and oxygen atoms in total. The van der Waals surface area contributed by atoms with Crippen LogP contribution in [0, 0.1) is 5.82 Å². The van der Waals surface area contributed by atoms with Crippen molar-refractivity contribution in [3.8, 4) is 0 Å². The Labute approximate surface area is 98.5 Å². The van der Waals surface area contributed by atoms with E-state index >= 15 is 0 Å². The van der Waals surface area contributed by atoms with E-state index in [4.69, 9.17) is 0 Å². The van der Waals surface area contributed by atoms with Gasteiger partial charge in [0.05, 0.1) is 18.4 Å². The third kappa shape index (κ3) is 3.19. The monoisotopic (exact) mass is 265 g/mol. The molecular formula is C10H7F4NO3. The highest BCUT2D eigenvalue weighted by Gasteiger charge is 2.39. The second-order valence-electron chi connectivity index (χ2n) is 3.13. The first-order valence-electron chi connectivity index (χ1n) is 4.51. The largest absolute Gasteiger partial charge is 0.471 e. The zero-order chi connectivity index (χ0) is 13.9. The number of hydrogen-bond acceptors (Lipinski definition) is 3. The van der Waals surface area contributed by atoms with Crippen LogP contribution in [0.15, 0.2) is 18.2 Å². The number of carbonyl (C=O) groups excluding carboxylic acids is 2. The fraction of sp³-hybridized carbons (Fsp3) is 0.200. The van der Waals surface area contributed by atoms with E-state index < -0.39 is 35.1 Å². The Hall–Kier alpha value is -2.12. The van der Waals surface area contributed by atoms with E-state index in [0.717, 1.165) is 19.2 Å². The van der Waals surface area contributed by atoms with Crippen molar-refractivity contribution in [3.05, 3.63) is 29.6 Å². The van der Waals surface area contributed by atoms with Gasteiger partial charge in [0.25, 0.3) is 0 Å². The SMILES string of the molecule is COC(=O)c1cc(F)ccc1NC(=O)C(F)(F)F. The van der Waals surface area contributed by atoms with Crippen molar-refractivity contribution in [2.24, 2.45) is 0 Å². The maximum absolute atomic E-state index is 12.9. The minimum absolute atomic E-state index is 0.481. The molecule has 0 aliphatic rings. The molecule has 0 aliphatic heterocycles. The smallest absolute Gasteiger partial charge is 0.465 e. The number of hydrogen-bond donors (Lipinski definition) is 1. The Morgan fingerprint density at radius 1 is 1.28 bits per heavy atom. The third-order valence-corrected chi connectivity index (χ3v) is 1.89. The van der Waals surface area contributed by atoms with Crippen LogP contribution in [0.25, 0.3) is 0 Å². The van der Waals surface area contributed by atoms with Crippen molar-refractivity contribution in [1.82, 2.24) is 0 Å². The van der Waals surface area contributed by atoms with Crippen LogP contribution >= 0.6 is 0 Å². The topological polar surface area (TPSA) is 55.4 Å². The fourth-order valence-corrected chi connectivity index (χ4v) is 1.10. The van der Waals surface area contributed by atoms with Crippen LogP contribution in [0.5, 0.6) is 0 Å². The summed E-state index contributed by atoms with van der Waals surface area (Å²) in [7, 11) is 0.975. The third-order valence-electron chi connectivity index (χ3n) is 1.89. The molecule has 0 radical (unpaired) electrons. The molecule has 98 valence electrons. The summed E-state index contributed by atoms with van der Waals surface area (Å²) in [6.07, 6.45) is -5.11. The molecule has 0 atom stereocenters. The molecule has 0 bridgehead atoms. The van der Waals surface area contributed by atoms with Crippen LogP contribution in [0.4, 0.5) is 23.2 Å².